The Kier molecular flexibility index (Phi) is 4.89. The molecule has 1 saturated heterocycles. The van der Waals surface area contributed by atoms with E-state index in [1.54, 1.807) is 4.90 Å². The minimum Gasteiger partial charge on any atom is -0.481 e. The summed E-state index contributed by atoms with van der Waals surface area (Å²) in [5.74, 6) is -0.664. The van der Waals surface area contributed by atoms with Gasteiger partial charge in [0.1, 0.15) is 0 Å². The molecule has 1 saturated carbocycles. The van der Waals surface area contributed by atoms with Crippen molar-refractivity contribution in [3.05, 3.63) is 0 Å². The molecule has 0 aromatic rings. The summed E-state index contributed by atoms with van der Waals surface area (Å²) in [5.41, 5.74) is -0.0743. The van der Waals surface area contributed by atoms with E-state index in [1.165, 1.54) is 19.3 Å². The first-order valence-corrected chi connectivity index (χ1v) is 7.77. The number of carbonyl (C=O) groups is 2. The van der Waals surface area contributed by atoms with E-state index in [9.17, 15) is 9.59 Å². The molecule has 20 heavy (non-hydrogen) atoms. The molecule has 5 heteroatoms. The summed E-state index contributed by atoms with van der Waals surface area (Å²) in [7, 11) is 0. The number of carbonyl (C=O) groups excluding carboxylic acids is 1. The highest BCUT2D eigenvalue weighted by molar-refractivity contribution is 5.75. The Morgan fingerprint density at radius 3 is 2.60 bits per heavy atom. The summed E-state index contributed by atoms with van der Waals surface area (Å²) in [6.45, 7) is 3.45. The van der Waals surface area contributed by atoms with Gasteiger partial charge in [-0.3, -0.25) is 4.79 Å². The Hall–Kier alpha value is -1.26. The average molecular weight is 282 g/mol. The lowest BCUT2D eigenvalue weighted by atomic mass is 9.83. The molecule has 2 N–H and O–H groups in total. The van der Waals surface area contributed by atoms with Gasteiger partial charge >= 0.3 is 12.0 Å². The van der Waals surface area contributed by atoms with Gasteiger partial charge in [0.05, 0.1) is 0 Å². The van der Waals surface area contributed by atoms with Crippen molar-refractivity contribution in [3.8, 4) is 0 Å². The zero-order valence-corrected chi connectivity index (χ0v) is 12.4. The monoisotopic (exact) mass is 282 g/mol. The Bertz CT molecular complexity index is 364. The molecule has 2 rings (SSSR count). The molecule has 0 bridgehead atoms. The third kappa shape index (κ3) is 4.12. The van der Waals surface area contributed by atoms with Gasteiger partial charge < -0.3 is 15.3 Å². The van der Waals surface area contributed by atoms with Crippen molar-refractivity contribution < 1.29 is 14.7 Å². The van der Waals surface area contributed by atoms with Gasteiger partial charge in [0.2, 0.25) is 0 Å². The van der Waals surface area contributed by atoms with Crippen LogP contribution in [0.1, 0.15) is 58.3 Å². The van der Waals surface area contributed by atoms with Crippen LogP contribution in [0.4, 0.5) is 4.79 Å². The quantitative estimate of drug-likeness (QED) is 0.836. The number of carboxylic acid groups (broad SMARTS) is 1. The van der Waals surface area contributed by atoms with Crippen LogP contribution < -0.4 is 5.32 Å². The van der Waals surface area contributed by atoms with Crippen molar-refractivity contribution in [1.29, 1.82) is 0 Å². The lowest BCUT2D eigenvalue weighted by Gasteiger charge is -2.39. The maximum Gasteiger partial charge on any atom is 0.317 e. The number of carboxylic acids is 1. The van der Waals surface area contributed by atoms with E-state index in [0.29, 0.717) is 6.54 Å². The van der Waals surface area contributed by atoms with Gasteiger partial charge in [0.15, 0.2) is 0 Å². The lowest BCUT2D eigenvalue weighted by Crippen LogP contribution is -2.54. The van der Waals surface area contributed by atoms with Crippen LogP contribution in [0.5, 0.6) is 0 Å². The molecule has 1 heterocycles. The molecule has 1 aliphatic heterocycles. The van der Waals surface area contributed by atoms with Gasteiger partial charge in [0.25, 0.3) is 0 Å². The predicted molar refractivity (Wildman–Crippen MR) is 76.6 cm³/mol. The molecule has 2 fully saturated rings. The Morgan fingerprint density at radius 2 is 1.95 bits per heavy atom. The summed E-state index contributed by atoms with van der Waals surface area (Å²) in [5, 5.41) is 12.1. The molecule has 0 aromatic carbocycles. The lowest BCUT2D eigenvalue weighted by molar-refractivity contribution is -0.138. The van der Waals surface area contributed by atoms with Gasteiger partial charge in [-0.15, -0.1) is 0 Å². The van der Waals surface area contributed by atoms with Crippen LogP contribution >= 0.6 is 0 Å². The van der Waals surface area contributed by atoms with Crippen LogP contribution in [0.15, 0.2) is 0 Å². The van der Waals surface area contributed by atoms with E-state index in [4.69, 9.17) is 5.11 Å². The van der Waals surface area contributed by atoms with E-state index in [-0.39, 0.29) is 23.9 Å². The van der Waals surface area contributed by atoms with Gasteiger partial charge in [-0.2, -0.15) is 0 Å². The van der Waals surface area contributed by atoms with Crippen LogP contribution in [0, 0.1) is 5.92 Å². The van der Waals surface area contributed by atoms with Gasteiger partial charge in [-0.25, -0.2) is 4.79 Å². The van der Waals surface area contributed by atoms with E-state index in [1.807, 2.05) is 0 Å². The number of rotatable bonds is 3. The van der Waals surface area contributed by atoms with Crippen LogP contribution in [-0.4, -0.2) is 40.6 Å². The van der Waals surface area contributed by atoms with Crippen molar-refractivity contribution in [2.45, 2.75) is 63.8 Å². The third-order valence-electron chi connectivity index (χ3n) is 4.64. The first-order chi connectivity index (χ1) is 9.48. The highest BCUT2D eigenvalue weighted by Crippen LogP contribution is 2.28. The Morgan fingerprint density at radius 1 is 1.25 bits per heavy atom. The summed E-state index contributed by atoms with van der Waals surface area (Å²) >= 11 is 0. The van der Waals surface area contributed by atoms with Crippen LogP contribution in [0.2, 0.25) is 0 Å². The standard InChI is InChI=1S/C15H26N2O3/c1-15(7-3-2-4-8-15)16-14(20)17-9-5-6-12(11-17)10-13(18)19/h12H,2-11H2,1H3,(H,16,20)(H,18,19). The van der Waals surface area contributed by atoms with E-state index in [2.05, 4.69) is 12.2 Å². The van der Waals surface area contributed by atoms with Crippen molar-refractivity contribution >= 4 is 12.0 Å². The molecule has 114 valence electrons. The third-order valence-corrected chi connectivity index (χ3v) is 4.64. The number of likely N-dealkylation sites (tertiary alicyclic amines) is 1. The van der Waals surface area contributed by atoms with E-state index in [0.717, 1.165) is 32.2 Å². The van der Waals surface area contributed by atoms with Crippen LogP contribution in [-0.2, 0) is 4.79 Å². The molecule has 0 spiro atoms. The molecule has 2 amide bonds. The zero-order chi connectivity index (χ0) is 14.6. The van der Waals surface area contributed by atoms with Crippen molar-refractivity contribution in [2.24, 2.45) is 5.92 Å². The first-order valence-electron chi connectivity index (χ1n) is 7.77. The number of hydrogen-bond donors (Lipinski definition) is 2. The molecule has 5 nitrogen and oxygen atoms in total. The second kappa shape index (κ2) is 6.46. The SMILES string of the molecule is CC1(NC(=O)N2CCCC(CC(=O)O)C2)CCCCC1. The van der Waals surface area contributed by atoms with Crippen molar-refractivity contribution in [3.63, 3.8) is 0 Å². The predicted octanol–water partition coefficient (Wildman–Crippen LogP) is 2.61. The highest BCUT2D eigenvalue weighted by Gasteiger charge is 2.32. The summed E-state index contributed by atoms with van der Waals surface area (Å²) in [4.78, 5) is 25.0. The smallest absolute Gasteiger partial charge is 0.317 e. The Balaban J connectivity index is 1.86. The van der Waals surface area contributed by atoms with Crippen LogP contribution in [0.25, 0.3) is 0 Å². The largest absolute Gasteiger partial charge is 0.481 e. The average Bonchev–Trinajstić information content (AvgIpc) is 2.38. The fourth-order valence-electron chi connectivity index (χ4n) is 3.46. The Labute approximate surface area is 120 Å². The normalized spacial score (nSPS) is 26.1. The number of urea groups is 1. The number of nitrogens with one attached hydrogen (secondary N) is 1. The number of nitrogens with zero attached hydrogens (tertiary/aromatic N) is 1. The molecule has 2 aliphatic rings. The maximum atomic E-state index is 12.4. The zero-order valence-electron chi connectivity index (χ0n) is 12.4. The molecule has 0 radical (unpaired) electrons. The highest BCUT2D eigenvalue weighted by atomic mass is 16.4. The van der Waals surface area contributed by atoms with Crippen molar-refractivity contribution in [1.82, 2.24) is 10.2 Å². The molecule has 1 unspecified atom stereocenters. The van der Waals surface area contributed by atoms with Gasteiger partial charge in [-0.1, -0.05) is 19.3 Å². The molecule has 1 atom stereocenters. The number of hydrogen-bond acceptors (Lipinski definition) is 2. The number of amides is 2. The minimum atomic E-state index is -0.767. The van der Waals surface area contributed by atoms with Crippen molar-refractivity contribution in [2.75, 3.05) is 13.1 Å². The number of aliphatic carboxylic acids is 1. The fraction of sp³-hybridized carbons (Fsp3) is 0.867. The maximum absolute atomic E-state index is 12.4. The molecular formula is C15H26N2O3. The first kappa shape index (κ1) is 15.1. The van der Waals surface area contributed by atoms with E-state index < -0.39 is 5.97 Å². The minimum absolute atomic E-state index is 0.00973. The van der Waals surface area contributed by atoms with Gasteiger partial charge in [-0.05, 0) is 38.5 Å². The van der Waals surface area contributed by atoms with E-state index >= 15 is 0 Å². The summed E-state index contributed by atoms with van der Waals surface area (Å²) in [6.07, 6.45) is 7.69. The molecular weight excluding hydrogens is 256 g/mol. The molecule has 1 aliphatic carbocycles. The topological polar surface area (TPSA) is 69.6 Å². The second-order valence-corrected chi connectivity index (χ2v) is 6.60. The summed E-state index contributed by atoms with van der Waals surface area (Å²) < 4.78 is 0. The van der Waals surface area contributed by atoms with Crippen LogP contribution in [0.3, 0.4) is 0 Å². The fourth-order valence-corrected chi connectivity index (χ4v) is 3.46. The molecule has 0 aromatic heterocycles. The second-order valence-electron chi connectivity index (χ2n) is 6.60. The number of piperidine rings is 1. The summed E-state index contributed by atoms with van der Waals surface area (Å²) in [6, 6.07) is -0.00973. The van der Waals surface area contributed by atoms with Gasteiger partial charge in [0, 0.05) is 25.0 Å².